The lowest BCUT2D eigenvalue weighted by Gasteiger charge is -2.02. The van der Waals surface area contributed by atoms with Crippen LogP contribution in [0.3, 0.4) is 0 Å². The Hall–Kier alpha value is -0.380. The van der Waals surface area contributed by atoms with Crippen molar-refractivity contribution < 1.29 is 5.11 Å². The Bertz CT molecular complexity index is 277. The minimum atomic E-state index is 0.335. The van der Waals surface area contributed by atoms with Crippen LogP contribution in [0.25, 0.3) is 0 Å². The third-order valence-electron chi connectivity index (χ3n) is 2.78. The molecule has 1 aromatic heterocycles. The van der Waals surface area contributed by atoms with Gasteiger partial charge in [-0.3, -0.25) is 0 Å². The van der Waals surface area contributed by atoms with E-state index in [0.29, 0.717) is 6.61 Å². The molecule has 0 amide bonds. The van der Waals surface area contributed by atoms with Gasteiger partial charge in [-0.15, -0.1) is 11.3 Å². The van der Waals surface area contributed by atoms with Crippen LogP contribution < -0.4 is 5.32 Å². The van der Waals surface area contributed by atoms with Gasteiger partial charge in [0.25, 0.3) is 0 Å². The predicted molar refractivity (Wildman–Crippen MR) is 71.1 cm³/mol. The summed E-state index contributed by atoms with van der Waals surface area (Å²) in [5, 5.41) is 12.1. The number of hydrogen-bond acceptors (Lipinski definition) is 3. The van der Waals surface area contributed by atoms with Crippen LogP contribution in [0, 0.1) is 13.8 Å². The number of aryl methyl sites for hydroxylation is 2. The molecule has 2 N–H and O–H groups in total. The Morgan fingerprint density at radius 2 is 1.94 bits per heavy atom. The first-order valence-electron chi connectivity index (χ1n) is 6.11. The predicted octanol–water partition coefficient (Wildman–Crippen LogP) is 3.01. The standard InChI is InChI=1S/C13H23NOS/c1-11-9-13(16-12(11)2)10-14-7-5-3-4-6-8-15/h9,14-15H,3-8,10H2,1-2H3. The lowest BCUT2D eigenvalue weighted by Crippen LogP contribution is -2.13. The van der Waals surface area contributed by atoms with Crippen molar-refractivity contribution in [1.29, 1.82) is 0 Å². The largest absolute Gasteiger partial charge is 0.396 e. The van der Waals surface area contributed by atoms with Crippen molar-refractivity contribution in [2.24, 2.45) is 0 Å². The molecule has 0 aliphatic rings. The van der Waals surface area contributed by atoms with Gasteiger partial charge in [0.1, 0.15) is 0 Å². The molecule has 2 nitrogen and oxygen atoms in total. The van der Waals surface area contributed by atoms with E-state index in [0.717, 1.165) is 25.9 Å². The van der Waals surface area contributed by atoms with Crippen molar-refractivity contribution in [2.75, 3.05) is 13.2 Å². The van der Waals surface area contributed by atoms with Crippen LogP contribution in [0.1, 0.15) is 41.0 Å². The molecule has 0 saturated carbocycles. The van der Waals surface area contributed by atoms with Gasteiger partial charge in [0.05, 0.1) is 0 Å². The molecule has 92 valence electrons. The van der Waals surface area contributed by atoms with Crippen molar-refractivity contribution >= 4 is 11.3 Å². The van der Waals surface area contributed by atoms with E-state index in [4.69, 9.17) is 5.11 Å². The SMILES string of the molecule is Cc1cc(CNCCCCCCO)sc1C. The smallest absolute Gasteiger partial charge is 0.0431 e. The van der Waals surface area contributed by atoms with E-state index in [2.05, 4.69) is 25.2 Å². The van der Waals surface area contributed by atoms with Crippen LogP contribution in [0.2, 0.25) is 0 Å². The van der Waals surface area contributed by atoms with Crippen LogP contribution in [0.4, 0.5) is 0 Å². The average molecular weight is 241 g/mol. The molecule has 1 heterocycles. The molecule has 0 unspecified atom stereocenters. The summed E-state index contributed by atoms with van der Waals surface area (Å²) >= 11 is 1.89. The Balaban J connectivity index is 2.03. The highest BCUT2D eigenvalue weighted by Gasteiger charge is 2.00. The molecule has 0 aliphatic carbocycles. The Morgan fingerprint density at radius 1 is 1.19 bits per heavy atom. The minimum Gasteiger partial charge on any atom is -0.396 e. The number of nitrogens with one attached hydrogen (secondary N) is 1. The molecule has 0 fully saturated rings. The Kier molecular flexibility index (Phi) is 6.69. The van der Waals surface area contributed by atoms with Gasteiger partial charge in [-0.2, -0.15) is 0 Å². The summed E-state index contributed by atoms with van der Waals surface area (Å²) in [4.78, 5) is 2.87. The monoisotopic (exact) mass is 241 g/mol. The summed E-state index contributed by atoms with van der Waals surface area (Å²) in [5.74, 6) is 0. The molecule has 1 aromatic rings. The second-order valence-electron chi connectivity index (χ2n) is 4.27. The molecule has 0 atom stereocenters. The molecule has 0 radical (unpaired) electrons. The number of thiophene rings is 1. The molecule has 0 aliphatic heterocycles. The zero-order valence-electron chi connectivity index (χ0n) is 10.4. The number of unbranched alkanes of at least 4 members (excludes halogenated alkanes) is 3. The fourth-order valence-electron chi connectivity index (χ4n) is 1.66. The van der Waals surface area contributed by atoms with Gasteiger partial charge in [0.2, 0.25) is 0 Å². The maximum Gasteiger partial charge on any atom is 0.0431 e. The second kappa shape index (κ2) is 7.82. The minimum absolute atomic E-state index is 0.335. The maximum absolute atomic E-state index is 8.63. The average Bonchev–Trinajstić information content (AvgIpc) is 2.57. The van der Waals surface area contributed by atoms with E-state index < -0.39 is 0 Å². The Morgan fingerprint density at radius 3 is 2.56 bits per heavy atom. The first kappa shape index (κ1) is 13.7. The number of aliphatic hydroxyl groups is 1. The number of hydrogen-bond donors (Lipinski definition) is 2. The van der Waals surface area contributed by atoms with Gasteiger partial charge in [0, 0.05) is 22.9 Å². The number of rotatable bonds is 8. The van der Waals surface area contributed by atoms with E-state index in [1.165, 1.54) is 28.2 Å². The summed E-state index contributed by atoms with van der Waals surface area (Å²) in [6.07, 6.45) is 4.53. The van der Waals surface area contributed by atoms with Crippen molar-refractivity contribution in [2.45, 2.75) is 46.1 Å². The van der Waals surface area contributed by atoms with Gasteiger partial charge in [0.15, 0.2) is 0 Å². The highest BCUT2D eigenvalue weighted by atomic mass is 32.1. The lowest BCUT2D eigenvalue weighted by molar-refractivity contribution is 0.282. The number of aliphatic hydroxyl groups excluding tert-OH is 1. The topological polar surface area (TPSA) is 32.3 Å². The normalized spacial score (nSPS) is 10.9. The van der Waals surface area contributed by atoms with Crippen LogP contribution in [0.15, 0.2) is 6.07 Å². The molecule has 0 aromatic carbocycles. The van der Waals surface area contributed by atoms with E-state index in [1.807, 2.05) is 11.3 Å². The van der Waals surface area contributed by atoms with Crippen molar-refractivity contribution in [1.82, 2.24) is 5.32 Å². The summed E-state index contributed by atoms with van der Waals surface area (Å²) in [6, 6.07) is 2.28. The zero-order chi connectivity index (χ0) is 11.8. The molecule has 1 rings (SSSR count). The second-order valence-corrected chi connectivity index (χ2v) is 5.61. The quantitative estimate of drug-likeness (QED) is 0.686. The summed E-state index contributed by atoms with van der Waals surface area (Å²) < 4.78 is 0. The van der Waals surface area contributed by atoms with Crippen LogP contribution in [-0.2, 0) is 6.54 Å². The zero-order valence-corrected chi connectivity index (χ0v) is 11.2. The van der Waals surface area contributed by atoms with Gasteiger partial charge in [-0.05, 0) is 44.9 Å². The molecule has 16 heavy (non-hydrogen) atoms. The third kappa shape index (κ3) is 5.10. The summed E-state index contributed by atoms with van der Waals surface area (Å²) in [7, 11) is 0. The highest BCUT2D eigenvalue weighted by molar-refractivity contribution is 7.12. The van der Waals surface area contributed by atoms with Crippen molar-refractivity contribution in [3.8, 4) is 0 Å². The molecule has 3 heteroatoms. The lowest BCUT2D eigenvalue weighted by atomic mass is 10.2. The molecular weight excluding hydrogens is 218 g/mol. The Labute approximate surface area is 103 Å². The van der Waals surface area contributed by atoms with Crippen LogP contribution in [0.5, 0.6) is 0 Å². The third-order valence-corrected chi connectivity index (χ3v) is 3.93. The van der Waals surface area contributed by atoms with E-state index in [9.17, 15) is 0 Å². The first-order valence-corrected chi connectivity index (χ1v) is 6.93. The van der Waals surface area contributed by atoms with E-state index in [-0.39, 0.29) is 0 Å². The molecule has 0 saturated heterocycles. The van der Waals surface area contributed by atoms with Gasteiger partial charge < -0.3 is 10.4 Å². The van der Waals surface area contributed by atoms with Crippen molar-refractivity contribution in [3.63, 3.8) is 0 Å². The van der Waals surface area contributed by atoms with Crippen molar-refractivity contribution in [3.05, 3.63) is 21.4 Å². The molecule has 0 spiro atoms. The fraction of sp³-hybridized carbons (Fsp3) is 0.692. The van der Waals surface area contributed by atoms with E-state index >= 15 is 0 Å². The summed E-state index contributed by atoms with van der Waals surface area (Å²) in [6.45, 7) is 6.77. The van der Waals surface area contributed by atoms with Crippen LogP contribution >= 0.6 is 11.3 Å². The maximum atomic E-state index is 8.63. The molecular formula is C13H23NOS. The van der Waals surface area contributed by atoms with Gasteiger partial charge >= 0.3 is 0 Å². The van der Waals surface area contributed by atoms with Gasteiger partial charge in [-0.1, -0.05) is 12.8 Å². The fourth-order valence-corrected chi connectivity index (χ4v) is 2.69. The summed E-state index contributed by atoms with van der Waals surface area (Å²) in [5.41, 5.74) is 1.41. The van der Waals surface area contributed by atoms with Gasteiger partial charge in [-0.25, -0.2) is 0 Å². The van der Waals surface area contributed by atoms with E-state index in [1.54, 1.807) is 0 Å². The highest BCUT2D eigenvalue weighted by Crippen LogP contribution is 2.20. The first-order chi connectivity index (χ1) is 7.74. The van der Waals surface area contributed by atoms with Crippen LogP contribution in [-0.4, -0.2) is 18.3 Å². The molecule has 0 bridgehead atoms.